The highest BCUT2D eigenvalue weighted by Crippen LogP contribution is 2.59. The van der Waals surface area contributed by atoms with Crippen molar-refractivity contribution in [2.24, 2.45) is 0 Å². The van der Waals surface area contributed by atoms with Gasteiger partial charge in [-0.2, -0.15) is 0 Å². The summed E-state index contributed by atoms with van der Waals surface area (Å²) in [7, 11) is 0. The van der Waals surface area contributed by atoms with Gasteiger partial charge in [0.2, 0.25) is 0 Å². The SMILES string of the molecule is Cc1ccc2c(c1)C(C)(c1ccc3c(c1)CC3)c1cc(C)ccc1-2.Cc1ccc2c(c1)C(C)(c1cccc(-c3ccc4c(c3)CC4)c1)c1cc(C)ccc1-2.Cc1ccc2c(c1)C(CCCCCc1ccc3c(c1)CC3)(CCCCCc1ccc3c(c1)CC3)c1cc(C)ccc1-2.Cc1ccc2c(c1)C(CCCc1ccc3c(c1)CC3)(CCCc1ccc3c(c1)CC3)c1cc(C)ccc1-2. The molecular formula is C132H132. The van der Waals surface area contributed by atoms with Crippen molar-refractivity contribution >= 4 is 0 Å². The van der Waals surface area contributed by atoms with E-state index in [1.165, 1.54) is 341 Å². The van der Waals surface area contributed by atoms with Crippen LogP contribution < -0.4 is 0 Å². The lowest BCUT2D eigenvalue weighted by Crippen LogP contribution is -2.26. The van der Waals surface area contributed by atoms with E-state index in [-0.39, 0.29) is 21.7 Å². The molecule has 0 radical (unpaired) electrons. The molecule has 0 amide bonds. The number of hydrogen-bond acceptors (Lipinski definition) is 0. The molecule has 0 aliphatic heterocycles. The summed E-state index contributed by atoms with van der Waals surface area (Å²) in [4.78, 5) is 0. The number of rotatable bonds is 23. The van der Waals surface area contributed by atoms with Crippen LogP contribution in [-0.4, -0.2) is 0 Å². The fraction of sp³-hybridized carbons (Fsp3) is 0.318. The Bertz CT molecular complexity index is 6710. The zero-order valence-corrected chi connectivity index (χ0v) is 80.4. The number of aryl methyl sites for hydroxylation is 24. The second-order valence-corrected chi connectivity index (χ2v) is 42.6. The Balaban J connectivity index is 0.000000105. The molecule has 660 valence electrons. The van der Waals surface area contributed by atoms with Crippen LogP contribution in [0.25, 0.3) is 55.6 Å². The Labute approximate surface area is 789 Å². The monoisotopic (exact) mass is 1720 g/mol. The van der Waals surface area contributed by atoms with Crippen LogP contribution in [0.15, 0.2) is 279 Å². The molecule has 0 heteroatoms. The zero-order valence-electron chi connectivity index (χ0n) is 80.4. The molecular weight excluding hydrogens is 1590 g/mol. The summed E-state index contributed by atoms with van der Waals surface area (Å²) < 4.78 is 0. The van der Waals surface area contributed by atoms with E-state index >= 15 is 0 Å². The van der Waals surface area contributed by atoms with E-state index < -0.39 is 0 Å². The van der Waals surface area contributed by atoms with Crippen LogP contribution in [0.4, 0.5) is 0 Å². The van der Waals surface area contributed by atoms with Crippen LogP contribution in [-0.2, 0) is 124 Å². The molecule has 0 atom stereocenters. The van der Waals surface area contributed by atoms with Crippen molar-refractivity contribution < 1.29 is 0 Å². The van der Waals surface area contributed by atoms with Gasteiger partial charge in [-0.05, 0) is 430 Å². The largest absolute Gasteiger partial charge is 0.0613 e. The fourth-order valence-corrected chi connectivity index (χ4v) is 25.5. The highest BCUT2D eigenvalue weighted by atomic mass is 14.5. The first kappa shape index (κ1) is 85.8. The molecule has 0 nitrogen and oxygen atoms in total. The van der Waals surface area contributed by atoms with Gasteiger partial charge in [-0.25, -0.2) is 0 Å². The van der Waals surface area contributed by atoms with Gasteiger partial charge in [0.25, 0.3) is 0 Å². The predicted molar refractivity (Wildman–Crippen MR) is 557 cm³/mol. The number of unbranched alkanes of at least 4 members (excludes halogenated alkanes) is 4. The third-order valence-electron chi connectivity index (χ3n) is 33.9. The van der Waals surface area contributed by atoms with Gasteiger partial charge in [-0.15, -0.1) is 0 Å². The standard InChI is InChI=1S/C41H46.C37H38.C30H26.C24H22/c1-29-11-21-37-38-22-12-30(2)26-40(38)41(39(37)25-29,23-7-3-5-9-31-13-15-33-17-19-35(33)27-31)24-8-4-6-10-32-14-16-34-18-20-36(34)28-32;1-25-7-17-33-34-18-8-26(2)22-36(34)37(35(33)21-25,19-3-5-27-9-11-29-13-15-31(29)23-27)20-4-6-28-10-12-30-14-16-32(30)24-28;1-19-7-13-26-27-14-8-20(2)16-29(27)30(3,28(26)15-19)25-6-4-5-22(18-25)24-12-10-21-9-11-23(21)17-24;1-15-4-10-20-21-11-5-16(2)13-23(21)24(3,22(20)12-15)19-9-8-17-6-7-18(17)14-19/h11-16,21-22,25-28H,3-10,17-20,23-24H2,1-2H3;7-12,17-18,21-24H,3-6,13-16,19-20H2,1-2H3;4-8,10,12-18H,9,11H2,1-3H3;4-5,8-14H,6-7H2,1-3H3. The minimum absolute atomic E-state index is 0.0483. The van der Waals surface area contributed by atoms with Gasteiger partial charge in [0.1, 0.15) is 0 Å². The first-order chi connectivity index (χ1) is 64.3. The summed E-state index contributed by atoms with van der Waals surface area (Å²) in [6.45, 7) is 22.7. The van der Waals surface area contributed by atoms with Crippen LogP contribution in [0, 0.1) is 55.4 Å². The van der Waals surface area contributed by atoms with Crippen LogP contribution in [0.2, 0.25) is 0 Å². The summed E-state index contributed by atoms with van der Waals surface area (Å²) in [6, 6.07) is 109. The van der Waals surface area contributed by atoms with E-state index in [2.05, 4.69) is 348 Å². The molecule has 0 saturated carbocycles. The van der Waals surface area contributed by atoms with Crippen LogP contribution in [0.1, 0.15) is 280 Å². The van der Waals surface area contributed by atoms with Crippen LogP contribution in [0.3, 0.4) is 0 Å². The Morgan fingerprint density at radius 2 is 0.424 bits per heavy atom. The van der Waals surface area contributed by atoms with Crippen molar-refractivity contribution in [1.29, 1.82) is 0 Å². The minimum Gasteiger partial charge on any atom is -0.0613 e. The van der Waals surface area contributed by atoms with E-state index in [0.717, 1.165) is 0 Å². The fourth-order valence-electron chi connectivity index (χ4n) is 25.5. The van der Waals surface area contributed by atoms with Gasteiger partial charge in [0.15, 0.2) is 0 Å². The predicted octanol–water partition coefficient (Wildman–Crippen LogP) is 32.3. The normalized spacial score (nSPS) is 15.6. The average Bonchev–Trinajstić information content (AvgIpc) is 1.70. The van der Waals surface area contributed by atoms with E-state index in [4.69, 9.17) is 0 Å². The summed E-state index contributed by atoms with van der Waals surface area (Å²) >= 11 is 0. The number of benzene rings is 15. The van der Waals surface area contributed by atoms with E-state index in [0.29, 0.717) is 0 Å². The maximum Gasteiger partial charge on any atom is 0.0435 e. The Hall–Kier alpha value is -11.7. The molecule has 0 N–H and O–H groups in total. The quantitative estimate of drug-likeness (QED) is 0.0560. The van der Waals surface area contributed by atoms with Gasteiger partial charge < -0.3 is 0 Å². The molecule has 0 unspecified atom stereocenters. The molecule has 0 saturated heterocycles. The molecule has 25 rings (SSSR count). The Morgan fingerprint density at radius 1 is 0.182 bits per heavy atom. The molecule has 0 aromatic heterocycles. The molecule has 15 aromatic rings. The first-order valence-corrected chi connectivity index (χ1v) is 51.0. The summed E-state index contributed by atoms with van der Waals surface area (Å²) in [5, 5.41) is 0. The third-order valence-corrected chi connectivity index (χ3v) is 33.9. The maximum absolute atomic E-state index is 2.54. The molecule has 0 heterocycles. The maximum atomic E-state index is 2.54. The van der Waals surface area contributed by atoms with Gasteiger partial charge in [0, 0.05) is 21.7 Å². The van der Waals surface area contributed by atoms with Crippen molar-refractivity contribution in [3.8, 4) is 55.6 Å². The van der Waals surface area contributed by atoms with Crippen molar-refractivity contribution in [3.63, 3.8) is 0 Å². The van der Waals surface area contributed by atoms with Gasteiger partial charge in [0.05, 0.1) is 0 Å². The molecule has 10 aliphatic carbocycles. The van der Waals surface area contributed by atoms with Gasteiger partial charge in [-0.1, -0.05) is 343 Å². The highest BCUT2D eigenvalue weighted by Gasteiger charge is 2.47. The van der Waals surface area contributed by atoms with Crippen molar-refractivity contribution in [2.45, 2.75) is 271 Å². The molecule has 15 aromatic carbocycles. The summed E-state index contributed by atoms with van der Waals surface area (Å²) in [5.74, 6) is 0. The third kappa shape index (κ3) is 15.7. The van der Waals surface area contributed by atoms with Crippen molar-refractivity contribution in [1.82, 2.24) is 0 Å². The van der Waals surface area contributed by atoms with Crippen LogP contribution in [0.5, 0.6) is 0 Å². The van der Waals surface area contributed by atoms with Crippen LogP contribution >= 0.6 is 0 Å². The van der Waals surface area contributed by atoms with E-state index in [1.807, 2.05) is 0 Å². The molecule has 0 bridgehead atoms. The lowest BCUT2D eigenvalue weighted by molar-refractivity contribution is 0.401. The zero-order chi connectivity index (χ0) is 89.7. The number of fused-ring (bicyclic) bond motifs is 18. The molecule has 0 fully saturated rings. The van der Waals surface area contributed by atoms with E-state index in [1.54, 1.807) is 83.5 Å². The number of hydrogen-bond donors (Lipinski definition) is 0. The summed E-state index contributed by atoms with van der Waals surface area (Å²) in [6.07, 6.45) is 35.3. The second-order valence-electron chi connectivity index (χ2n) is 42.6. The molecule has 132 heavy (non-hydrogen) atoms. The average molecular weight is 1720 g/mol. The van der Waals surface area contributed by atoms with Gasteiger partial charge >= 0.3 is 0 Å². The smallest absolute Gasteiger partial charge is 0.0435 e. The van der Waals surface area contributed by atoms with Gasteiger partial charge in [-0.3, -0.25) is 0 Å². The topological polar surface area (TPSA) is 0 Å². The first-order valence-electron chi connectivity index (χ1n) is 51.0. The second kappa shape index (κ2) is 35.0. The van der Waals surface area contributed by atoms with Crippen molar-refractivity contribution in [2.75, 3.05) is 0 Å². The van der Waals surface area contributed by atoms with E-state index in [9.17, 15) is 0 Å². The molecule has 0 spiro atoms. The molecule has 10 aliphatic rings. The lowest BCUT2D eigenvalue weighted by atomic mass is 9.70. The Kier molecular flexibility index (Phi) is 22.8. The minimum atomic E-state index is -0.140. The lowest BCUT2D eigenvalue weighted by Gasteiger charge is -2.33. The summed E-state index contributed by atoms with van der Waals surface area (Å²) in [5.41, 5.74) is 65.1. The van der Waals surface area contributed by atoms with Crippen molar-refractivity contribution in [3.05, 3.63) is 468 Å². The Morgan fingerprint density at radius 3 is 0.712 bits per heavy atom. The highest BCUT2D eigenvalue weighted by molar-refractivity contribution is 5.87.